The molecule has 0 radical (unpaired) electrons. The monoisotopic (exact) mass is 297 g/mol. The Hall–Kier alpha value is -0.770. The van der Waals surface area contributed by atoms with E-state index in [1.165, 1.54) is 0 Å². The van der Waals surface area contributed by atoms with E-state index in [4.69, 9.17) is 21.1 Å². The van der Waals surface area contributed by atoms with Crippen molar-refractivity contribution < 1.29 is 9.47 Å². The Bertz CT molecular complexity index is 438. The Balaban J connectivity index is 2.25. The molecule has 1 aromatic rings. The Morgan fingerprint density at radius 1 is 1.50 bits per heavy atom. The third-order valence-electron chi connectivity index (χ3n) is 4.02. The molecule has 1 aliphatic rings. The molecular weight excluding hydrogens is 274 g/mol. The van der Waals surface area contributed by atoms with Gasteiger partial charge in [0.1, 0.15) is 5.75 Å². The first-order chi connectivity index (χ1) is 9.67. The average molecular weight is 298 g/mol. The average Bonchev–Trinajstić information content (AvgIpc) is 2.87. The van der Waals surface area contributed by atoms with Crippen molar-refractivity contribution >= 4 is 11.6 Å². The Kier molecular flexibility index (Phi) is 5.70. The van der Waals surface area contributed by atoms with Crippen molar-refractivity contribution in [1.82, 2.24) is 5.32 Å². The molecule has 0 saturated carbocycles. The molecule has 2 rings (SSSR count). The third-order valence-corrected chi connectivity index (χ3v) is 4.35. The van der Waals surface area contributed by atoms with E-state index in [2.05, 4.69) is 25.2 Å². The quantitative estimate of drug-likeness (QED) is 0.866. The summed E-state index contributed by atoms with van der Waals surface area (Å²) in [6.07, 6.45) is 2.44. The SMILES string of the molecule is CCCNC(c1ccc(OC)cc1Cl)C1CCOC1C. The van der Waals surface area contributed by atoms with Gasteiger partial charge < -0.3 is 14.8 Å². The maximum Gasteiger partial charge on any atom is 0.120 e. The van der Waals surface area contributed by atoms with Crippen molar-refractivity contribution in [3.05, 3.63) is 28.8 Å². The molecule has 0 aliphatic carbocycles. The Morgan fingerprint density at radius 3 is 2.85 bits per heavy atom. The van der Waals surface area contributed by atoms with E-state index in [0.717, 1.165) is 42.3 Å². The van der Waals surface area contributed by atoms with Gasteiger partial charge in [-0.05, 0) is 44.0 Å². The summed E-state index contributed by atoms with van der Waals surface area (Å²) in [6.45, 7) is 6.14. The molecule has 3 unspecified atom stereocenters. The highest BCUT2D eigenvalue weighted by Gasteiger charge is 2.33. The molecule has 1 saturated heterocycles. The van der Waals surface area contributed by atoms with E-state index in [1.54, 1.807) is 7.11 Å². The maximum absolute atomic E-state index is 6.45. The van der Waals surface area contributed by atoms with Crippen molar-refractivity contribution in [1.29, 1.82) is 0 Å². The van der Waals surface area contributed by atoms with Crippen LogP contribution in [0.25, 0.3) is 0 Å². The van der Waals surface area contributed by atoms with E-state index in [1.807, 2.05) is 12.1 Å². The van der Waals surface area contributed by atoms with Gasteiger partial charge in [0.05, 0.1) is 13.2 Å². The van der Waals surface area contributed by atoms with Gasteiger partial charge in [-0.25, -0.2) is 0 Å². The predicted octanol–water partition coefficient (Wildman–Crippen LogP) is 3.81. The first-order valence-electron chi connectivity index (χ1n) is 7.35. The van der Waals surface area contributed by atoms with Gasteiger partial charge in [0.15, 0.2) is 0 Å². The van der Waals surface area contributed by atoms with Gasteiger partial charge in [-0.1, -0.05) is 24.6 Å². The minimum atomic E-state index is 0.242. The summed E-state index contributed by atoms with van der Waals surface area (Å²) in [5, 5.41) is 4.39. The lowest BCUT2D eigenvalue weighted by Crippen LogP contribution is -2.32. The lowest BCUT2D eigenvalue weighted by atomic mass is 9.88. The highest BCUT2D eigenvalue weighted by atomic mass is 35.5. The molecule has 1 aliphatic heterocycles. The first kappa shape index (κ1) is 15.6. The molecule has 3 nitrogen and oxygen atoms in total. The molecule has 0 spiro atoms. The van der Waals surface area contributed by atoms with Crippen LogP contribution >= 0.6 is 11.6 Å². The lowest BCUT2D eigenvalue weighted by Gasteiger charge is -2.28. The molecule has 1 heterocycles. The Labute approximate surface area is 126 Å². The van der Waals surface area contributed by atoms with Gasteiger partial charge >= 0.3 is 0 Å². The number of rotatable bonds is 6. The van der Waals surface area contributed by atoms with Gasteiger partial charge in [0, 0.05) is 23.6 Å². The van der Waals surface area contributed by atoms with E-state index in [9.17, 15) is 0 Å². The van der Waals surface area contributed by atoms with Crippen molar-refractivity contribution in [3.8, 4) is 5.75 Å². The standard InChI is InChI=1S/C16H24ClNO2/c1-4-8-18-16(13-7-9-20-11(13)2)14-6-5-12(19-3)10-15(14)17/h5-6,10-11,13,16,18H,4,7-9H2,1-3H3. The van der Waals surface area contributed by atoms with E-state index in [0.29, 0.717) is 5.92 Å². The van der Waals surface area contributed by atoms with E-state index in [-0.39, 0.29) is 12.1 Å². The molecule has 3 atom stereocenters. The minimum absolute atomic E-state index is 0.242. The van der Waals surface area contributed by atoms with E-state index < -0.39 is 0 Å². The fourth-order valence-electron chi connectivity index (χ4n) is 2.86. The number of hydrogen-bond donors (Lipinski definition) is 1. The zero-order valence-electron chi connectivity index (χ0n) is 12.5. The van der Waals surface area contributed by atoms with Crippen LogP contribution in [-0.2, 0) is 4.74 Å². The van der Waals surface area contributed by atoms with Crippen LogP contribution in [-0.4, -0.2) is 26.4 Å². The van der Waals surface area contributed by atoms with Crippen LogP contribution in [0.3, 0.4) is 0 Å². The summed E-state index contributed by atoms with van der Waals surface area (Å²) in [5.74, 6) is 1.26. The van der Waals surface area contributed by atoms with Crippen LogP contribution < -0.4 is 10.1 Å². The number of hydrogen-bond acceptors (Lipinski definition) is 3. The summed E-state index contributed by atoms with van der Waals surface area (Å²) in [4.78, 5) is 0. The summed E-state index contributed by atoms with van der Waals surface area (Å²) in [7, 11) is 1.66. The van der Waals surface area contributed by atoms with Crippen LogP contribution in [0, 0.1) is 5.92 Å². The molecule has 0 amide bonds. The van der Waals surface area contributed by atoms with Crippen molar-refractivity contribution in [2.24, 2.45) is 5.92 Å². The fourth-order valence-corrected chi connectivity index (χ4v) is 3.15. The zero-order chi connectivity index (χ0) is 14.5. The van der Waals surface area contributed by atoms with Crippen LogP contribution in [0.5, 0.6) is 5.75 Å². The molecule has 20 heavy (non-hydrogen) atoms. The molecule has 112 valence electrons. The van der Waals surface area contributed by atoms with Gasteiger partial charge in [0.2, 0.25) is 0 Å². The highest BCUT2D eigenvalue weighted by molar-refractivity contribution is 6.31. The van der Waals surface area contributed by atoms with Crippen LogP contribution in [0.15, 0.2) is 18.2 Å². The van der Waals surface area contributed by atoms with Crippen molar-refractivity contribution in [2.45, 2.75) is 38.8 Å². The molecule has 0 bridgehead atoms. The second-order valence-electron chi connectivity index (χ2n) is 5.35. The van der Waals surface area contributed by atoms with Gasteiger partial charge in [-0.2, -0.15) is 0 Å². The number of methoxy groups -OCH3 is 1. The second-order valence-corrected chi connectivity index (χ2v) is 5.75. The number of ether oxygens (including phenoxy) is 2. The summed E-state index contributed by atoms with van der Waals surface area (Å²) in [5.41, 5.74) is 1.14. The second kappa shape index (κ2) is 7.30. The van der Waals surface area contributed by atoms with Gasteiger partial charge in [-0.15, -0.1) is 0 Å². The topological polar surface area (TPSA) is 30.5 Å². The smallest absolute Gasteiger partial charge is 0.120 e. The molecule has 0 aromatic heterocycles. The summed E-state index contributed by atoms with van der Waals surface area (Å²) < 4.78 is 11.0. The molecule has 1 fully saturated rings. The first-order valence-corrected chi connectivity index (χ1v) is 7.73. The maximum atomic E-state index is 6.45. The summed E-state index contributed by atoms with van der Waals surface area (Å²) >= 11 is 6.45. The van der Waals surface area contributed by atoms with Crippen LogP contribution in [0.1, 0.15) is 38.3 Å². The van der Waals surface area contributed by atoms with E-state index >= 15 is 0 Å². The third kappa shape index (κ3) is 3.46. The van der Waals surface area contributed by atoms with Gasteiger partial charge in [0.25, 0.3) is 0 Å². The molecule has 1 N–H and O–H groups in total. The number of halogens is 1. The zero-order valence-corrected chi connectivity index (χ0v) is 13.2. The molecule has 4 heteroatoms. The number of nitrogens with one attached hydrogen (secondary N) is 1. The lowest BCUT2D eigenvalue weighted by molar-refractivity contribution is 0.0954. The number of benzene rings is 1. The van der Waals surface area contributed by atoms with Crippen molar-refractivity contribution in [3.63, 3.8) is 0 Å². The van der Waals surface area contributed by atoms with Crippen LogP contribution in [0.2, 0.25) is 5.02 Å². The highest BCUT2D eigenvalue weighted by Crippen LogP contribution is 2.37. The largest absolute Gasteiger partial charge is 0.497 e. The van der Waals surface area contributed by atoms with Gasteiger partial charge in [-0.3, -0.25) is 0 Å². The Morgan fingerprint density at radius 2 is 2.30 bits per heavy atom. The van der Waals surface area contributed by atoms with Crippen molar-refractivity contribution in [2.75, 3.05) is 20.3 Å². The minimum Gasteiger partial charge on any atom is -0.497 e. The molecule has 1 aromatic carbocycles. The summed E-state index contributed by atoms with van der Waals surface area (Å²) in [6, 6.07) is 6.17. The molecular formula is C16H24ClNO2. The normalized spacial score (nSPS) is 23.8. The predicted molar refractivity (Wildman–Crippen MR) is 82.6 cm³/mol. The fraction of sp³-hybridized carbons (Fsp3) is 0.625. The van der Waals surface area contributed by atoms with Crippen LogP contribution in [0.4, 0.5) is 0 Å².